The van der Waals surface area contributed by atoms with E-state index in [-0.39, 0.29) is 11.7 Å². The minimum Gasteiger partial charge on any atom is -0.379 e. The predicted octanol–water partition coefficient (Wildman–Crippen LogP) is 1.44. The monoisotopic (exact) mass is 491 g/mol. The fourth-order valence-corrected chi connectivity index (χ4v) is 3.79. The summed E-state index contributed by atoms with van der Waals surface area (Å²) < 4.78 is 44.5. The Morgan fingerprint density at radius 3 is 2.69 bits per heavy atom. The Labute approximate surface area is 198 Å². The van der Waals surface area contributed by atoms with Crippen molar-refractivity contribution in [1.82, 2.24) is 30.2 Å². The number of aromatic nitrogens is 4. The van der Waals surface area contributed by atoms with Gasteiger partial charge >= 0.3 is 6.18 Å². The number of primary amides is 1. The number of carbonyl (C=O) groups is 2. The Morgan fingerprint density at radius 2 is 1.97 bits per heavy atom. The number of H-pyrrole nitrogens is 1. The first-order valence-electron chi connectivity index (χ1n) is 11.0. The van der Waals surface area contributed by atoms with Gasteiger partial charge in [-0.05, 0) is 37.2 Å². The lowest BCUT2D eigenvalue weighted by Crippen LogP contribution is -2.38. The van der Waals surface area contributed by atoms with Gasteiger partial charge in [0.15, 0.2) is 5.92 Å². The Hall–Kier alpha value is -3.58. The second-order valence-corrected chi connectivity index (χ2v) is 8.05. The Morgan fingerprint density at radius 1 is 1.20 bits per heavy atom. The number of hydrogen-bond acceptors (Lipinski definition) is 7. The van der Waals surface area contributed by atoms with Crippen LogP contribution < -0.4 is 11.1 Å². The van der Waals surface area contributed by atoms with Crippen LogP contribution in [0.5, 0.6) is 0 Å². The van der Waals surface area contributed by atoms with Gasteiger partial charge in [-0.25, -0.2) is 15.0 Å². The maximum atomic E-state index is 13.1. The maximum Gasteiger partial charge on any atom is 0.433 e. The summed E-state index contributed by atoms with van der Waals surface area (Å²) in [5.41, 5.74) is 5.44. The van der Waals surface area contributed by atoms with Crippen molar-refractivity contribution in [2.45, 2.75) is 18.5 Å². The molecule has 1 aliphatic heterocycles. The van der Waals surface area contributed by atoms with Crippen LogP contribution >= 0.6 is 0 Å². The summed E-state index contributed by atoms with van der Waals surface area (Å²) in [4.78, 5) is 41.3. The topological polar surface area (TPSA) is 139 Å². The fourth-order valence-electron chi connectivity index (χ4n) is 3.79. The lowest BCUT2D eigenvalue weighted by atomic mass is 10.1. The number of halogens is 3. The standard InChI is InChI=1S/C22H24F3N7O3/c23-22(24,25)16-4-6-27-19(31-16)17(18(26)33)20-29-14-3-2-13(12-15(14)30-20)21(34)28-5-1-7-32-8-10-35-11-9-32/h2-4,6,12,17H,1,5,7-11H2,(H2,26,33)(H,28,34)(H,29,30). The van der Waals surface area contributed by atoms with Crippen molar-refractivity contribution in [2.75, 3.05) is 39.4 Å². The van der Waals surface area contributed by atoms with Gasteiger partial charge in [-0.15, -0.1) is 0 Å². The lowest BCUT2D eigenvalue weighted by molar-refractivity contribution is -0.141. The van der Waals surface area contributed by atoms with E-state index in [0.717, 1.165) is 45.5 Å². The molecule has 10 nitrogen and oxygen atoms in total. The van der Waals surface area contributed by atoms with Gasteiger partial charge in [0.05, 0.1) is 24.2 Å². The van der Waals surface area contributed by atoms with Crippen LogP contribution in [0.4, 0.5) is 13.2 Å². The molecule has 35 heavy (non-hydrogen) atoms. The van der Waals surface area contributed by atoms with Gasteiger partial charge in [0, 0.05) is 31.4 Å². The number of nitrogens with one attached hydrogen (secondary N) is 2. The third-order valence-corrected chi connectivity index (χ3v) is 5.58. The van der Waals surface area contributed by atoms with E-state index in [1.54, 1.807) is 18.2 Å². The van der Waals surface area contributed by atoms with E-state index in [9.17, 15) is 22.8 Å². The zero-order valence-electron chi connectivity index (χ0n) is 18.6. The summed E-state index contributed by atoms with van der Waals surface area (Å²) in [6, 6.07) is 5.40. The van der Waals surface area contributed by atoms with Crippen molar-refractivity contribution in [1.29, 1.82) is 0 Å². The average Bonchev–Trinajstić information content (AvgIpc) is 3.24. The van der Waals surface area contributed by atoms with E-state index in [0.29, 0.717) is 29.2 Å². The summed E-state index contributed by atoms with van der Waals surface area (Å²) >= 11 is 0. The number of rotatable bonds is 8. The van der Waals surface area contributed by atoms with Crippen molar-refractivity contribution < 1.29 is 27.5 Å². The van der Waals surface area contributed by atoms with Crippen LogP contribution in [-0.4, -0.2) is 76.0 Å². The van der Waals surface area contributed by atoms with Crippen molar-refractivity contribution in [3.05, 3.63) is 53.4 Å². The first kappa shape index (κ1) is 24.5. The highest BCUT2D eigenvalue weighted by Crippen LogP contribution is 2.29. The number of morpholine rings is 1. The molecule has 1 fully saturated rings. The number of alkyl halides is 3. The third-order valence-electron chi connectivity index (χ3n) is 5.58. The van der Waals surface area contributed by atoms with Crippen LogP contribution in [0.3, 0.4) is 0 Å². The van der Waals surface area contributed by atoms with Crippen LogP contribution in [0, 0.1) is 0 Å². The number of carbonyl (C=O) groups excluding carboxylic acids is 2. The molecule has 4 N–H and O–H groups in total. The SMILES string of the molecule is NC(=O)C(c1nccc(C(F)(F)F)n1)c1nc2ccc(C(=O)NCCCN3CCOCC3)cc2[nH]1. The summed E-state index contributed by atoms with van der Waals surface area (Å²) in [5, 5.41) is 2.87. The molecule has 1 aromatic carbocycles. The molecular formula is C22H24F3N7O3. The van der Waals surface area contributed by atoms with Crippen molar-refractivity contribution in [3.8, 4) is 0 Å². The van der Waals surface area contributed by atoms with Crippen LogP contribution in [0.2, 0.25) is 0 Å². The number of fused-ring (bicyclic) bond motifs is 1. The van der Waals surface area contributed by atoms with Crippen molar-refractivity contribution in [2.24, 2.45) is 5.73 Å². The number of amides is 2. The molecule has 1 atom stereocenters. The number of imidazole rings is 1. The highest BCUT2D eigenvalue weighted by Gasteiger charge is 2.35. The molecule has 1 saturated heterocycles. The highest BCUT2D eigenvalue weighted by molar-refractivity contribution is 5.97. The minimum atomic E-state index is -4.71. The number of hydrogen-bond donors (Lipinski definition) is 3. The minimum absolute atomic E-state index is 0.0186. The van der Waals surface area contributed by atoms with Gasteiger partial charge < -0.3 is 20.8 Å². The first-order chi connectivity index (χ1) is 16.7. The largest absolute Gasteiger partial charge is 0.433 e. The van der Waals surface area contributed by atoms with Crippen molar-refractivity contribution >= 4 is 22.8 Å². The Bertz CT molecular complexity index is 1210. The summed E-state index contributed by atoms with van der Waals surface area (Å²) in [7, 11) is 0. The van der Waals surface area contributed by atoms with Gasteiger partial charge in [0.2, 0.25) is 5.91 Å². The molecule has 1 aliphatic rings. The Balaban J connectivity index is 1.47. The number of nitrogens with two attached hydrogens (primary N) is 1. The molecule has 0 aliphatic carbocycles. The van der Waals surface area contributed by atoms with Crippen LogP contribution in [-0.2, 0) is 15.7 Å². The van der Waals surface area contributed by atoms with E-state index < -0.39 is 29.5 Å². The summed E-state index contributed by atoms with van der Waals surface area (Å²) in [6.45, 7) is 4.55. The molecule has 3 heterocycles. The second kappa shape index (κ2) is 10.4. The normalized spacial score (nSPS) is 15.7. The highest BCUT2D eigenvalue weighted by atomic mass is 19.4. The quantitative estimate of drug-likeness (QED) is 0.405. The molecule has 4 rings (SSSR count). The van der Waals surface area contributed by atoms with Gasteiger partial charge in [0.25, 0.3) is 5.91 Å². The zero-order valence-corrected chi connectivity index (χ0v) is 18.6. The molecule has 0 spiro atoms. The first-order valence-corrected chi connectivity index (χ1v) is 11.0. The fraction of sp³-hybridized carbons (Fsp3) is 0.409. The van der Waals surface area contributed by atoms with Crippen LogP contribution in [0.1, 0.15) is 40.0 Å². The molecule has 2 amide bonds. The molecule has 0 bridgehead atoms. The zero-order chi connectivity index (χ0) is 25.0. The average molecular weight is 491 g/mol. The maximum absolute atomic E-state index is 13.1. The van der Waals surface area contributed by atoms with Gasteiger partial charge in [-0.2, -0.15) is 13.2 Å². The molecule has 13 heteroatoms. The predicted molar refractivity (Wildman–Crippen MR) is 118 cm³/mol. The van der Waals surface area contributed by atoms with Crippen LogP contribution in [0.15, 0.2) is 30.5 Å². The van der Waals surface area contributed by atoms with E-state index in [1.807, 2.05) is 0 Å². The smallest absolute Gasteiger partial charge is 0.379 e. The van der Waals surface area contributed by atoms with Crippen LogP contribution in [0.25, 0.3) is 11.0 Å². The van der Waals surface area contributed by atoms with Gasteiger partial charge in [-0.3, -0.25) is 14.5 Å². The van der Waals surface area contributed by atoms with E-state index >= 15 is 0 Å². The second-order valence-electron chi connectivity index (χ2n) is 8.05. The number of aromatic amines is 1. The molecule has 1 unspecified atom stereocenters. The van der Waals surface area contributed by atoms with Gasteiger partial charge in [-0.1, -0.05) is 0 Å². The van der Waals surface area contributed by atoms with E-state index in [2.05, 4.69) is 30.2 Å². The molecule has 3 aromatic rings. The molecular weight excluding hydrogens is 467 g/mol. The lowest BCUT2D eigenvalue weighted by Gasteiger charge is -2.26. The van der Waals surface area contributed by atoms with E-state index in [1.165, 1.54) is 0 Å². The number of benzene rings is 1. The molecule has 186 valence electrons. The third kappa shape index (κ3) is 5.92. The van der Waals surface area contributed by atoms with Gasteiger partial charge in [0.1, 0.15) is 17.3 Å². The summed E-state index contributed by atoms with van der Waals surface area (Å²) in [5.74, 6) is -3.12. The molecule has 0 radical (unpaired) electrons. The summed E-state index contributed by atoms with van der Waals surface area (Å²) in [6.07, 6.45) is -3.01. The number of nitrogens with zero attached hydrogens (tertiary/aromatic N) is 4. The number of ether oxygens (including phenoxy) is 1. The van der Waals surface area contributed by atoms with E-state index in [4.69, 9.17) is 10.5 Å². The molecule has 0 saturated carbocycles. The Kier molecular flexibility index (Phi) is 7.26. The van der Waals surface area contributed by atoms with Crippen molar-refractivity contribution in [3.63, 3.8) is 0 Å². The molecule has 2 aromatic heterocycles.